The number of aromatic carboxylic acids is 1. The number of nitrogens with two attached hydrogens (primary N) is 1. The number of likely N-dealkylation sites (tertiary alicyclic amines) is 2. The molecule has 12 nitrogen and oxygen atoms in total. The number of hydrogen-bond donors (Lipinski definition) is 2. The van der Waals surface area contributed by atoms with Crippen LogP contribution in [0.4, 0.5) is 22.7 Å². The first-order chi connectivity index (χ1) is 32.1. The second kappa shape index (κ2) is 29.5. The van der Waals surface area contributed by atoms with E-state index in [1.54, 1.807) is 24.3 Å². The predicted octanol–water partition coefficient (Wildman–Crippen LogP) is 12.4. The number of halogens is 4. The summed E-state index contributed by atoms with van der Waals surface area (Å²) in [7, 11) is 4.27. The Kier molecular flexibility index (Phi) is 26.1. The molecule has 3 amide bonds. The maximum absolute atomic E-state index is 13.1. The molecule has 0 atom stereocenters. The summed E-state index contributed by atoms with van der Waals surface area (Å²) in [5.41, 5.74) is 11.5. The van der Waals surface area contributed by atoms with Crippen molar-refractivity contribution in [1.29, 1.82) is 0 Å². The van der Waals surface area contributed by atoms with Gasteiger partial charge in [-0.05, 0) is 206 Å². The summed E-state index contributed by atoms with van der Waals surface area (Å²) in [6.07, 6.45) is 4.02. The van der Waals surface area contributed by atoms with Crippen molar-refractivity contribution in [1.82, 2.24) is 19.6 Å². The van der Waals surface area contributed by atoms with E-state index in [-0.39, 0.29) is 76.5 Å². The number of rotatable bonds is 14. The van der Waals surface area contributed by atoms with Gasteiger partial charge < -0.3 is 40.2 Å². The second-order valence-corrected chi connectivity index (χ2v) is 54.0. The van der Waals surface area contributed by atoms with Crippen molar-refractivity contribution in [2.75, 3.05) is 50.1 Å². The van der Waals surface area contributed by atoms with E-state index < -0.39 is 11.9 Å². The Labute approximate surface area is 466 Å². The molecule has 4 aromatic rings. The minimum atomic E-state index is -0.932. The summed E-state index contributed by atoms with van der Waals surface area (Å²) in [4.78, 5) is 62.2. The van der Waals surface area contributed by atoms with Crippen LogP contribution in [0.15, 0.2) is 97.1 Å². The van der Waals surface area contributed by atoms with Crippen molar-refractivity contribution in [2.24, 2.45) is 5.73 Å². The number of piperidine rings is 2. The number of carboxylic acids is 1. The molecule has 2 aliphatic rings. The van der Waals surface area contributed by atoms with Crippen LogP contribution in [0.25, 0.3) is 0 Å². The first-order valence-corrected chi connectivity index (χ1v) is 36.9. The molecule has 2 saturated heterocycles. The van der Waals surface area contributed by atoms with Crippen LogP contribution in [0.2, 0.25) is 0 Å². The number of amides is 3. The van der Waals surface area contributed by atoms with Crippen molar-refractivity contribution in [2.45, 2.75) is 117 Å². The molecular weight excluding hydrogens is 1360 g/mol. The Morgan fingerprint density at radius 1 is 0.536 bits per heavy atom. The van der Waals surface area contributed by atoms with Gasteiger partial charge in [0.05, 0.1) is 5.56 Å². The van der Waals surface area contributed by atoms with Crippen LogP contribution in [-0.4, -0.2) is 125 Å². The third kappa shape index (κ3) is 18.0. The van der Waals surface area contributed by atoms with Gasteiger partial charge in [0, 0.05) is 75.7 Å². The third-order valence-electron chi connectivity index (χ3n) is 12.4. The topological polar surface area (TPSA) is 134 Å². The van der Waals surface area contributed by atoms with Gasteiger partial charge in [0.2, 0.25) is 5.91 Å². The second-order valence-electron chi connectivity index (χ2n) is 18.7. The molecule has 0 aliphatic carbocycles. The molecule has 2 aliphatic heterocycles. The normalized spacial score (nSPS) is 14.6. The van der Waals surface area contributed by atoms with Gasteiger partial charge in [-0.3, -0.25) is 14.4 Å². The van der Waals surface area contributed by atoms with Crippen molar-refractivity contribution in [3.63, 3.8) is 0 Å². The van der Waals surface area contributed by atoms with E-state index in [9.17, 15) is 24.3 Å². The third-order valence-corrected chi connectivity index (χ3v) is 12.4. The van der Waals surface area contributed by atoms with E-state index in [0.29, 0.717) is 22.7 Å². The van der Waals surface area contributed by atoms with E-state index in [2.05, 4.69) is 93.6 Å². The van der Waals surface area contributed by atoms with Gasteiger partial charge in [0.25, 0.3) is 11.8 Å². The minimum absolute atomic E-state index is 0. The average Bonchev–Trinajstić information content (AvgIpc) is 3.28. The van der Waals surface area contributed by atoms with Gasteiger partial charge in [0.1, 0.15) is 0 Å². The molecule has 0 bridgehead atoms. The molecule has 6 rings (SSSR count). The summed E-state index contributed by atoms with van der Waals surface area (Å²) in [5, 5.41) is 9.48. The quantitative estimate of drug-likeness (QED) is 0.118. The molecule has 3 N–H and O–H groups in total. The van der Waals surface area contributed by atoms with Crippen LogP contribution in [0.1, 0.15) is 123 Å². The van der Waals surface area contributed by atoms with Crippen molar-refractivity contribution in [3.05, 3.63) is 119 Å². The summed E-state index contributed by atoms with van der Waals surface area (Å²) in [6, 6.07) is 31.3. The Morgan fingerprint density at radius 3 is 1.13 bits per heavy atom. The molecule has 0 aromatic heterocycles. The molecule has 0 radical (unpaired) electrons. The van der Waals surface area contributed by atoms with E-state index in [1.807, 2.05) is 138 Å². The van der Waals surface area contributed by atoms with E-state index in [1.165, 1.54) is 0 Å². The van der Waals surface area contributed by atoms with Gasteiger partial charge in [-0.25, -0.2) is 4.79 Å². The van der Waals surface area contributed by atoms with Gasteiger partial charge in [-0.15, -0.1) is 24.0 Å². The van der Waals surface area contributed by atoms with Gasteiger partial charge >= 0.3 is 70.8 Å². The number of carbonyl (C=O) groups is 4. The van der Waals surface area contributed by atoms with Crippen LogP contribution in [0.5, 0.6) is 0 Å². The fourth-order valence-corrected chi connectivity index (χ4v) is 9.20. The first-order valence-electron chi connectivity index (χ1n) is 23.4. The molecule has 4 aromatic carbocycles. The molecule has 69 heavy (non-hydrogen) atoms. The zero-order valence-corrected chi connectivity index (χ0v) is 51.9. The molecule has 2 fully saturated rings. The van der Waals surface area contributed by atoms with Crippen LogP contribution >= 0.6 is 83.9 Å². The summed E-state index contributed by atoms with van der Waals surface area (Å²) in [5.74, 6) is -1.29. The summed E-state index contributed by atoms with van der Waals surface area (Å²) >= 11 is 7.39. The number of benzene rings is 4. The van der Waals surface area contributed by atoms with E-state index >= 15 is 0 Å². The fourth-order valence-electron chi connectivity index (χ4n) is 9.20. The molecule has 2 heterocycles. The fraction of sp³-hybridized carbons (Fsp3) is 0.462. The first kappa shape index (κ1) is 61.1. The number of carboxylic acid groups (broad SMARTS) is 1. The van der Waals surface area contributed by atoms with Crippen molar-refractivity contribution in [3.8, 4) is 0 Å². The van der Waals surface area contributed by atoms with Gasteiger partial charge in [0.15, 0.2) is 0 Å². The van der Waals surface area contributed by atoms with Crippen LogP contribution in [-0.2, 0) is 4.92 Å². The summed E-state index contributed by atoms with van der Waals surface area (Å²) < 4.78 is 0. The van der Waals surface area contributed by atoms with Crippen LogP contribution < -0.4 is 15.5 Å². The van der Waals surface area contributed by atoms with Gasteiger partial charge in [-0.1, -0.05) is 12.1 Å². The zero-order valence-electron chi connectivity index (χ0n) is 41.7. The van der Waals surface area contributed by atoms with Crippen LogP contribution in [0, 0.1) is 0 Å². The molecule has 0 spiro atoms. The van der Waals surface area contributed by atoms with Gasteiger partial charge in [-0.2, -0.15) is 0 Å². The molecule has 0 saturated carbocycles. The Hall–Kier alpha value is -2.22. The monoisotopic (exact) mass is 1430 g/mol. The number of primary amides is 1. The Morgan fingerprint density at radius 2 is 0.841 bits per heavy atom. The van der Waals surface area contributed by atoms with Crippen molar-refractivity contribution < 1.29 is 29.2 Å². The summed E-state index contributed by atoms with van der Waals surface area (Å²) in [6.45, 7) is 20.3. The Bertz CT molecular complexity index is 2080. The standard InChI is InChI=1S/C26H36N4O2.C26H35N3O3.4HI.V/c1-18(2)29(19(3)4)26(32)20-9-11-22(12-10-20)30(23-13-15-28(5)16-14-23)24-8-6-7-21(17-24)25(27)31;1-18(2)28(19(3)4)25(30)20-9-11-22(12-10-20)29(23-13-15-27(5)16-14-23)24-8-6-7-21(17-24)26(31)32;;;;;/h6-12,17-19,23H,13-16H2,1-5H3,(H2,27,31);6-12,17-19,23H,13-16H2,1-5H3,(H,31,32);4*1H;/q;;;;;;+3/p-3. The zero-order chi connectivity index (χ0) is 50.4. The van der Waals surface area contributed by atoms with E-state index in [4.69, 9.17) is 5.73 Å². The molecule has 17 heteroatoms. The SMILES string of the molecule is CC(C)N(C(=O)c1ccc(N(c2cccc(C(=O)O)c2)C2CCN(C)CC2)cc1)C(C)C.CC(C)N(C(=O)c1ccc(N(c2cccc(C(N)=O)c2)C2CCN(C)CC2)cc1)C(C)C.I.[I][V]([I])[I]. The molecule has 0 unspecified atom stereocenters. The predicted molar refractivity (Wildman–Crippen MR) is 317 cm³/mol. The van der Waals surface area contributed by atoms with E-state index in [0.717, 1.165) is 74.6 Å². The number of hydrogen-bond acceptors (Lipinski definition) is 8. The average molecular weight is 1430 g/mol. The number of nitrogens with zero attached hydrogens (tertiary/aromatic N) is 6. The van der Waals surface area contributed by atoms with Crippen LogP contribution in [0.3, 0.4) is 0 Å². The Balaban J connectivity index is 0.000000334. The van der Waals surface area contributed by atoms with Crippen molar-refractivity contribution >= 4 is 130 Å². The maximum atomic E-state index is 13.1. The number of anilines is 4. The number of carbonyl (C=O) groups excluding carboxylic acids is 3. The molecule has 378 valence electrons. The molecular formula is C52H72I4N7O5V.